The SMILES string of the molecule is CC/C(=C(\NC)c1cn(Cc2ccccc2)c(-c2ccccc2)n1)C1CCNCC1. The van der Waals surface area contributed by atoms with Crippen molar-refractivity contribution in [2.75, 3.05) is 20.1 Å². The molecule has 1 aromatic heterocycles. The van der Waals surface area contributed by atoms with Crippen LogP contribution in [0.3, 0.4) is 0 Å². The van der Waals surface area contributed by atoms with Crippen molar-refractivity contribution in [3.8, 4) is 11.4 Å². The summed E-state index contributed by atoms with van der Waals surface area (Å²) in [6.45, 7) is 5.28. The maximum Gasteiger partial charge on any atom is 0.141 e. The lowest BCUT2D eigenvalue weighted by atomic mass is 9.86. The molecule has 30 heavy (non-hydrogen) atoms. The Bertz CT molecular complexity index is 967. The minimum Gasteiger partial charge on any atom is -0.386 e. The van der Waals surface area contributed by atoms with Crippen LogP contribution in [0.1, 0.15) is 37.4 Å². The second-order valence-corrected chi connectivity index (χ2v) is 7.96. The van der Waals surface area contributed by atoms with Crippen molar-refractivity contribution >= 4 is 5.70 Å². The average molecular weight is 401 g/mol. The van der Waals surface area contributed by atoms with Gasteiger partial charge in [0.05, 0.1) is 5.70 Å². The Hall–Kier alpha value is -2.85. The van der Waals surface area contributed by atoms with Crippen LogP contribution >= 0.6 is 0 Å². The fourth-order valence-electron chi connectivity index (χ4n) is 4.55. The first kappa shape index (κ1) is 20.4. The first-order chi connectivity index (χ1) is 14.8. The van der Waals surface area contributed by atoms with Gasteiger partial charge in [-0.3, -0.25) is 0 Å². The van der Waals surface area contributed by atoms with Crippen LogP contribution in [0, 0.1) is 5.92 Å². The van der Waals surface area contributed by atoms with Gasteiger partial charge in [-0.2, -0.15) is 0 Å². The second kappa shape index (κ2) is 9.77. The highest BCUT2D eigenvalue weighted by Gasteiger charge is 2.22. The summed E-state index contributed by atoms with van der Waals surface area (Å²) in [4.78, 5) is 5.14. The van der Waals surface area contributed by atoms with Crippen molar-refractivity contribution in [2.45, 2.75) is 32.7 Å². The van der Waals surface area contributed by atoms with Gasteiger partial charge in [-0.15, -0.1) is 0 Å². The van der Waals surface area contributed by atoms with E-state index in [1.807, 2.05) is 7.05 Å². The fourth-order valence-corrected chi connectivity index (χ4v) is 4.55. The molecule has 0 spiro atoms. The molecule has 4 nitrogen and oxygen atoms in total. The third-order valence-electron chi connectivity index (χ3n) is 6.04. The maximum atomic E-state index is 5.14. The Morgan fingerprint density at radius 1 is 1.03 bits per heavy atom. The average Bonchev–Trinajstić information content (AvgIpc) is 3.22. The van der Waals surface area contributed by atoms with Crippen molar-refractivity contribution in [3.05, 3.63) is 83.7 Å². The van der Waals surface area contributed by atoms with Crippen LogP contribution in [0.25, 0.3) is 17.1 Å². The highest BCUT2D eigenvalue weighted by Crippen LogP contribution is 2.31. The molecule has 0 atom stereocenters. The zero-order chi connectivity index (χ0) is 20.8. The normalized spacial score (nSPS) is 15.7. The van der Waals surface area contributed by atoms with Crippen molar-refractivity contribution in [3.63, 3.8) is 0 Å². The molecule has 2 N–H and O–H groups in total. The van der Waals surface area contributed by atoms with Crippen LogP contribution < -0.4 is 10.6 Å². The van der Waals surface area contributed by atoms with Gasteiger partial charge in [-0.25, -0.2) is 4.98 Å². The molecule has 1 saturated heterocycles. The first-order valence-corrected chi connectivity index (χ1v) is 11.1. The van der Waals surface area contributed by atoms with Gasteiger partial charge in [0, 0.05) is 25.4 Å². The van der Waals surface area contributed by atoms with Crippen LogP contribution in [0.15, 0.2) is 72.4 Å². The third kappa shape index (κ3) is 4.49. The Kier molecular flexibility index (Phi) is 6.65. The highest BCUT2D eigenvalue weighted by atomic mass is 15.1. The molecule has 156 valence electrons. The molecule has 0 unspecified atom stereocenters. The van der Waals surface area contributed by atoms with E-state index >= 15 is 0 Å². The fraction of sp³-hybridized carbons (Fsp3) is 0.346. The lowest BCUT2D eigenvalue weighted by Gasteiger charge is -2.27. The van der Waals surface area contributed by atoms with E-state index in [9.17, 15) is 0 Å². The molecule has 0 bridgehead atoms. The molecule has 1 aliphatic rings. The lowest BCUT2D eigenvalue weighted by Crippen LogP contribution is -2.29. The zero-order valence-electron chi connectivity index (χ0n) is 18.1. The number of hydrogen-bond acceptors (Lipinski definition) is 3. The van der Waals surface area contributed by atoms with Gasteiger partial charge in [0.15, 0.2) is 0 Å². The second-order valence-electron chi connectivity index (χ2n) is 7.96. The molecule has 4 heteroatoms. The van der Waals surface area contributed by atoms with E-state index in [2.05, 4.69) is 89.0 Å². The quantitative estimate of drug-likeness (QED) is 0.590. The summed E-state index contributed by atoms with van der Waals surface area (Å²) in [7, 11) is 2.03. The topological polar surface area (TPSA) is 41.9 Å². The van der Waals surface area contributed by atoms with Crippen LogP contribution in [-0.4, -0.2) is 29.7 Å². The van der Waals surface area contributed by atoms with Gasteiger partial charge in [0.25, 0.3) is 0 Å². The van der Waals surface area contributed by atoms with Gasteiger partial charge in [-0.1, -0.05) is 67.6 Å². The minimum absolute atomic E-state index is 0.623. The van der Waals surface area contributed by atoms with Gasteiger partial charge < -0.3 is 15.2 Å². The molecule has 1 fully saturated rings. The number of allylic oxidation sites excluding steroid dienone is 1. The summed E-state index contributed by atoms with van der Waals surface area (Å²) < 4.78 is 2.28. The van der Waals surface area contributed by atoms with E-state index in [1.165, 1.54) is 29.7 Å². The van der Waals surface area contributed by atoms with E-state index in [1.54, 1.807) is 0 Å². The summed E-state index contributed by atoms with van der Waals surface area (Å²) in [5, 5.41) is 7.00. The molecular formula is C26H32N4. The number of aromatic nitrogens is 2. The van der Waals surface area contributed by atoms with Crippen molar-refractivity contribution in [1.29, 1.82) is 0 Å². The molecule has 0 aliphatic carbocycles. The number of nitrogens with zero attached hydrogens (tertiary/aromatic N) is 2. The van der Waals surface area contributed by atoms with Crippen LogP contribution in [0.2, 0.25) is 0 Å². The Balaban J connectivity index is 1.78. The number of piperidine rings is 1. The Morgan fingerprint density at radius 3 is 2.33 bits per heavy atom. The molecule has 4 rings (SSSR count). The van der Waals surface area contributed by atoms with Gasteiger partial charge in [-0.05, 0) is 49.4 Å². The first-order valence-electron chi connectivity index (χ1n) is 11.1. The molecule has 0 amide bonds. The van der Waals surface area contributed by atoms with Crippen molar-refractivity contribution in [1.82, 2.24) is 20.2 Å². The Morgan fingerprint density at radius 2 is 1.70 bits per heavy atom. The predicted molar refractivity (Wildman–Crippen MR) is 125 cm³/mol. The molecule has 0 saturated carbocycles. The summed E-state index contributed by atoms with van der Waals surface area (Å²) in [5.74, 6) is 1.64. The number of benzene rings is 2. The van der Waals surface area contributed by atoms with Gasteiger partial charge in [0.1, 0.15) is 11.5 Å². The highest BCUT2D eigenvalue weighted by molar-refractivity contribution is 5.68. The number of imidazole rings is 1. The molecule has 2 aromatic carbocycles. The number of rotatable bonds is 7. The zero-order valence-corrected chi connectivity index (χ0v) is 18.1. The van der Waals surface area contributed by atoms with E-state index < -0.39 is 0 Å². The summed E-state index contributed by atoms with van der Waals surface area (Å²) in [6.07, 6.45) is 5.67. The summed E-state index contributed by atoms with van der Waals surface area (Å²) in [5.41, 5.74) is 6.18. The van der Waals surface area contributed by atoms with Crippen LogP contribution in [-0.2, 0) is 6.54 Å². The standard InChI is InChI=1S/C26H32N4/c1-3-23(21-14-16-28-17-15-21)25(27-2)24-19-30(18-20-10-6-4-7-11-20)26(29-24)22-12-8-5-9-13-22/h4-13,19,21,27-28H,3,14-18H2,1-2H3/b25-23+. The minimum atomic E-state index is 0.623. The molecule has 1 aliphatic heterocycles. The van der Waals surface area contributed by atoms with E-state index in [-0.39, 0.29) is 0 Å². The van der Waals surface area contributed by atoms with Gasteiger partial charge in [0.2, 0.25) is 0 Å². The monoisotopic (exact) mass is 400 g/mol. The molecule has 0 radical (unpaired) electrons. The van der Waals surface area contributed by atoms with Crippen LogP contribution in [0.5, 0.6) is 0 Å². The smallest absolute Gasteiger partial charge is 0.141 e. The number of hydrogen-bond donors (Lipinski definition) is 2. The van der Waals surface area contributed by atoms with Crippen LogP contribution in [0.4, 0.5) is 0 Å². The predicted octanol–water partition coefficient (Wildman–Crippen LogP) is 4.94. The Labute approximate surface area is 180 Å². The summed E-state index contributed by atoms with van der Waals surface area (Å²) in [6, 6.07) is 21.1. The third-order valence-corrected chi connectivity index (χ3v) is 6.04. The van der Waals surface area contributed by atoms with Crippen molar-refractivity contribution in [2.24, 2.45) is 5.92 Å². The van der Waals surface area contributed by atoms with Gasteiger partial charge >= 0.3 is 0 Å². The summed E-state index contributed by atoms with van der Waals surface area (Å²) >= 11 is 0. The molecule has 2 heterocycles. The van der Waals surface area contributed by atoms with E-state index in [4.69, 9.17) is 4.98 Å². The lowest BCUT2D eigenvalue weighted by molar-refractivity contribution is 0.413. The van der Waals surface area contributed by atoms with Crippen molar-refractivity contribution < 1.29 is 0 Å². The number of nitrogens with one attached hydrogen (secondary N) is 2. The largest absolute Gasteiger partial charge is 0.386 e. The molecule has 3 aromatic rings. The maximum absolute atomic E-state index is 5.14. The molecular weight excluding hydrogens is 368 g/mol. The van der Waals surface area contributed by atoms with E-state index in [0.29, 0.717) is 5.92 Å². The van der Waals surface area contributed by atoms with E-state index in [0.717, 1.165) is 43.1 Å².